The average Bonchev–Trinajstić information content (AvgIpc) is 3.08. The minimum atomic E-state index is -0.385. The number of carbonyl (C=O) groups is 1. The van der Waals surface area contributed by atoms with Crippen LogP contribution in [0.5, 0.6) is 0 Å². The average molecular weight is 330 g/mol. The van der Waals surface area contributed by atoms with Gasteiger partial charge in [-0.05, 0) is 18.6 Å². The fourth-order valence-electron chi connectivity index (χ4n) is 2.91. The third-order valence-electron chi connectivity index (χ3n) is 4.10. The summed E-state index contributed by atoms with van der Waals surface area (Å²) in [4.78, 5) is 17.9. The molecule has 2 N–H and O–H groups in total. The maximum absolute atomic E-state index is 12.3. The maximum atomic E-state index is 12.3. The van der Waals surface area contributed by atoms with Crippen LogP contribution < -0.4 is 5.32 Å². The molecule has 5 nitrogen and oxygen atoms in total. The number of hydrogen-bond donors (Lipinski definition) is 2. The van der Waals surface area contributed by atoms with Gasteiger partial charge in [-0.25, -0.2) is 0 Å². The SMILES string of the molecule is O=C([C@@H]1C[C@@H](O)CN1)N1CCN(Cc2ccc(Cl)s2)CC1. The first kappa shape index (κ1) is 15.2. The molecule has 1 aromatic heterocycles. The lowest BCUT2D eigenvalue weighted by Gasteiger charge is -2.35. The molecule has 2 fully saturated rings. The van der Waals surface area contributed by atoms with Crippen LogP contribution in [0.15, 0.2) is 12.1 Å². The fourth-order valence-corrected chi connectivity index (χ4v) is 4.04. The molecule has 0 aliphatic carbocycles. The maximum Gasteiger partial charge on any atom is 0.239 e. The smallest absolute Gasteiger partial charge is 0.239 e. The van der Waals surface area contributed by atoms with Crippen molar-refractivity contribution in [1.82, 2.24) is 15.1 Å². The van der Waals surface area contributed by atoms with Crippen LogP contribution >= 0.6 is 22.9 Å². The van der Waals surface area contributed by atoms with Gasteiger partial charge in [0.25, 0.3) is 0 Å². The van der Waals surface area contributed by atoms with E-state index >= 15 is 0 Å². The Kier molecular flexibility index (Phi) is 4.81. The first-order valence-electron chi connectivity index (χ1n) is 7.28. The van der Waals surface area contributed by atoms with Crippen molar-refractivity contribution in [1.29, 1.82) is 0 Å². The molecule has 3 rings (SSSR count). The van der Waals surface area contributed by atoms with Gasteiger partial charge < -0.3 is 15.3 Å². The van der Waals surface area contributed by atoms with E-state index in [0.717, 1.165) is 37.1 Å². The summed E-state index contributed by atoms with van der Waals surface area (Å²) < 4.78 is 0.824. The molecule has 0 radical (unpaired) electrons. The number of piperazine rings is 1. The van der Waals surface area contributed by atoms with Crippen LogP contribution in [0, 0.1) is 0 Å². The van der Waals surface area contributed by atoms with Gasteiger partial charge >= 0.3 is 0 Å². The summed E-state index contributed by atoms with van der Waals surface area (Å²) in [7, 11) is 0. The van der Waals surface area contributed by atoms with Gasteiger partial charge in [0.15, 0.2) is 0 Å². The normalized spacial score (nSPS) is 27.2. The zero-order chi connectivity index (χ0) is 14.8. The Morgan fingerprint density at radius 2 is 2.14 bits per heavy atom. The van der Waals surface area contributed by atoms with Crippen molar-refractivity contribution in [3.63, 3.8) is 0 Å². The van der Waals surface area contributed by atoms with E-state index in [2.05, 4.69) is 16.3 Å². The van der Waals surface area contributed by atoms with E-state index in [4.69, 9.17) is 11.6 Å². The second kappa shape index (κ2) is 6.62. The Labute approximate surface area is 133 Å². The lowest BCUT2D eigenvalue weighted by Crippen LogP contribution is -2.52. The summed E-state index contributed by atoms with van der Waals surface area (Å²) in [6.07, 6.45) is 0.149. The highest BCUT2D eigenvalue weighted by atomic mass is 35.5. The number of hydrogen-bond acceptors (Lipinski definition) is 5. The van der Waals surface area contributed by atoms with E-state index in [-0.39, 0.29) is 18.1 Å². The van der Waals surface area contributed by atoms with Crippen molar-refractivity contribution < 1.29 is 9.90 Å². The lowest BCUT2D eigenvalue weighted by atomic mass is 10.1. The van der Waals surface area contributed by atoms with E-state index in [9.17, 15) is 9.90 Å². The number of halogens is 1. The standard InChI is InChI=1S/C14H20ClN3O2S/c15-13-2-1-11(21-13)9-17-3-5-18(6-4-17)14(20)12-7-10(19)8-16-12/h1-2,10,12,16,19H,3-9H2/t10-,12+/m1/s1. The van der Waals surface area contributed by atoms with Gasteiger partial charge in [-0.15, -0.1) is 11.3 Å². The predicted molar refractivity (Wildman–Crippen MR) is 83.6 cm³/mol. The molecule has 3 heterocycles. The molecule has 1 amide bonds. The number of thiophene rings is 1. The topological polar surface area (TPSA) is 55.8 Å². The molecule has 2 atom stereocenters. The second-order valence-corrected chi connectivity index (χ2v) is 7.46. The van der Waals surface area contributed by atoms with Crippen LogP contribution in [0.1, 0.15) is 11.3 Å². The monoisotopic (exact) mass is 329 g/mol. The Hall–Kier alpha value is -0.660. The summed E-state index contributed by atoms with van der Waals surface area (Å²) >= 11 is 7.56. The second-order valence-electron chi connectivity index (χ2n) is 5.66. The molecule has 2 aliphatic rings. The van der Waals surface area contributed by atoms with E-state index < -0.39 is 0 Å². The number of aliphatic hydroxyl groups is 1. The number of β-amino-alcohol motifs (C(OH)–C–C–N with tert-alkyl or cyclic N) is 1. The number of nitrogens with one attached hydrogen (secondary N) is 1. The van der Waals surface area contributed by atoms with Crippen LogP contribution in [-0.2, 0) is 11.3 Å². The Morgan fingerprint density at radius 3 is 2.71 bits per heavy atom. The quantitative estimate of drug-likeness (QED) is 0.860. The molecule has 2 aliphatic heterocycles. The van der Waals surface area contributed by atoms with Crippen molar-refractivity contribution >= 4 is 28.8 Å². The molecule has 0 spiro atoms. The van der Waals surface area contributed by atoms with Crippen LogP contribution in [0.25, 0.3) is 0 Å². The lowest BCUT2D eigenvalue weighted by molar-refractivity contribution is -0.135. The van der Waals surface area contributed by atoms with Crippen LogP contribution in [0.2, 0.25) is 4.34 Å². The highest BCUT2D eigenvalue weighted by Crippen LogP contribution is 2.23. The molecular weight excluding hydrogens is 310 g/mol. The van der Waals surface area contributed by atoms with E-state index in [0.29, 0.717) is 13.0 Å². The van der Waals surface area contributed by atoms with Gasteiger partial charge in [0.2, 0.25) is 5.91 Å². The molecule has 2 saturated heterocycles. The van der Waals surface area contributed by atoms with E-state index in [1.165, 1.54) is 4.88 Å². The van der Waals surface area contributed by atoms with Crippen LogP contribution in [0.3, 0.4) is 0 Å². The van der Waals surface area contributed by atoms with Gasteiger partial charge in [0.05, 0.1) is 16.5 Å². The van der Waals surface area contributed by atoms with Gasteiger partial charge in [-0.3, -0.25) is 9.69 Å². The summed E-state index contributed by atoms with van der Waals surface area (Å²) in [6.45, 7) is 4.71. The largest absolute Gasteiger partial charge is 0.392 e. The van der Waals surface area contributed by atoms with Crippen LogP contribution in [0.4, 0.5) is 0 Å². The van der Waals surface area contributed by atoms with Gasteiger partial charge in [0, 0.05) is 44.1 Å². The van der Waals surface area contributed by atoms with Crippen LogP contribution in [-0.4, -0.2) is 65.7 Å². The Balaban J connectivity index is 1.47. The van der Waals surface area contributed by atoms with Gasteiger partial charge in [0.1, 0.15) is 0 Å². The van der Waals surface area contributed by atoms with Crippen molar-refractivity contribution in [3.05, 3.63) is 21.3 Å². The van der Waals surface area contributed by atoms with E-state index in [1.54, 1.807) is 11.3 Å². The number of nitrogens with zero attached hydrogens (tertiary/aromatic N) is 2. The molecule has 0 saturated carbocycles. The highest BCUT2D eigenvalue weighted by molar-refractivity contribution is 7.16. The summed E-state index contributed by atoms with van der Waals surface area (Å²) in [5.74, 6) is 0.130. The number of rotatable bonds is 3. The summed E-state index contributed by atoms with van der Waals surface area (Å²) in [6, 6.07) is 3.79. The predicted octanol–water partition coefficient (Wildman–Crippen LogP) is 0.769. The van der Waals surface area contributed by atoms with Gasteiger partial charge in [-0.2, -0.15) is 0 Å². The molecule has 0 unspecified atom stereocenters. The highest BCUT2D eigenvalue weighted by Gasteiger charge is 2.32. The van der Waals surface area contributed by atoms with Crippen molar-refractivity contribution in [3.8, 4) is 0 Å². The Bertz CT molecular complexity index is 502. The minimum absolute atomic E-state index is 0.130. The summed E-state index contributed by atoms with van der Waals surface area (Å²) in [5.41, 5.74) is 0. The fraction of sp³-hybridized carbons (Fsp3) is 0.643. The zero-order valence-corrected chi connectivity index (χ0v) is 13.4. The van der Waals surface area contributed by atoms with Crippen molar-refractivity contribution in [2.45, 2.75) is 25.1 Å². The molecule has 116 valence electrons. The Morgan fingerprint density at radius 1 is 1.38 bits per heavy atom. The van der Waals surface area contributed by atoms with Crippen molar-refractivity contribution in [2.24, 2.45) is 0 Å². The molecule has 21 heavy (non-hydrogen) atoms. The number of aliphatic hydroxyl groups excluding tert-OH is 1. The first-order chi connectivity index (χ1) is 10.1. The molecule has 0 bridgehead atoms. The molecule has 7 heteroatoms. The van der Waals surface area contributed by atoms with E-state index in [1.807, 2.05) is 11.0 Å². The third-order valence-corrected chi connectivity index (χ3v) is 5.31. The number of amides is 1. The third kappa shape index (κ3) is 3.76. The van der Waals surface area contributed by atoms with Crippen molar-refractivity contribution in [2.75, 3.05) is 32.7 Å². The first-order valence-corrected chi connectivity index (χ1v) is 8.48. The summed E-state index contributed by atoms with van der Waals surface area (Å²) in [5, 5.41) is 12.6. The minimum Gasteiger partial charge on any atom is -0.392 e. The molecule has 0 aromatic carbocycles. The zero-order valence-electron chi connectivity index (χ0n) is 11.8. The molecule has 1 aromatic rings. The number of carbonyl (C=O) groups excluding carboxylic acids is 1. The molecular formula is C14H20ClN3O2S. The van der Waals surface area contributed by atoms with Gasteiger partial charge in [-0.1, -0.05) is 11.6 Å².